The zero-order valence-electron chi connectivity index (χ0n) is 17.0. The Morgan fingerprint density at radius 2 is 1.17 bits per heavy atom. The standard InChI is InChI=1S/C22H10F7N3O2S/c23-11-3-1-10(2-4-11)21-15(9-14-16(25)18(27)20(29)19(28)17(14)26)22(30)32(31-21)35(33,34)13-7-5-12(24)6-8-13/h1-9,30H/b15-9+,30-22?. The molecule has 35 heavy (non-hydrogen) atoms. The van der Waals surface area contributed by atoms with Gasteiger partial charge in [-0.25, -0.2) is 30.7 Å². The minimum absolute atomic E-state index is 0.0388. The predicted molar refractivity (Wildman–Crippen MR) is 110 cm³/mol. The lowest BCUT2D eigenvalue weighted by Gasteiger charge is -2.14. The van der Waals surface area contributed by atoms with Crippen molar-refractivity contribution in [2.24, 2.45) is 5.10 Å². The van der Waals surface area contributed by atoms with Crippen molar-refractivity contribution in [1.29, 1.82) is 5.41 Å². The largest absolute Gasteiger partial charge is 0.284 e. The highest BCUT2D eigenvalue weighted by molar-refractivity contribution is 7.89. The summed E-state index contributed by atoms with van der Waals surface area (Å²) in [6, 6.07) is 7.46. The van der Waals surface area contributed by atoms with Crippen LogP contribution in [-0.2, 0) is 10.0 Å². The topological polar surface area (TPSA) is 73.6 Å². The molecule has 5 nitrogen and oxygen atoms in total. The minimum Gasteiger partial charge on any atom is -0.282 e. The molecule has 0 unspecified atom stereocenters. The summed E-state index contributed by atoms with van der Waals surface area (Å²) in [6.07, 6.45) is 0.376. The fraction of sp³-hybridized carbons (Fsp3) is 0. The van der Waals surface area contributed by atoms with E-state index in [0.717, 1.165) is 48.5 Å². The number of rotatable bonds is 4. The van der Waals surface area contributed by atoms with Gasteiger partial charge in [-0.2, -0.15) is 13.5 Å². The van der Waals surface area contributed by atoms with E-state index >= 15 is 0 Å². The molecule has 0 bridgehead atoms. The number of sulfonamides is 1. The third-order valence-electron chi connectivity index (χ3n) is 4.88. The quantitative estimate of drug-likeness (QED) is 0.299. The SMILES string of the molecule is N=C1/C(=C/c2c(F)c(F)c(F)c(F)c2F)C(c2ccc(F)cc2)=NN1S(=O)(=O)c1ccc(F)cc1. The average Bonchev–Trinajstić information content (AvgIpc) is 3.16. The van der Waals surface area contributed by atoms with E-state index in [1.54, 1.807) is 0 Å². The second-order valence-corrected chi connectivity index (χ2v) is 8.82. The molecular formula is C22H10F7N3O2S. The molecule has 0 saturated carbocycles. The number of halogens is 7. The molecular weight excluding hydrogens is 503 g/mol. The van der Waals surface area contributed by atoms with Gasteiger partial charge in [-0.3, -0.25) is 5.41 Å². The summed E-state index contributed by atoms with van der Waals surface area (Å²) >= 11 is 0. The van der Waals surface area contributed by atoms with E-state index in [0.29, 0.717) is 6.08 Å². The summed E-state index contributed by atoms with van der Waals surface area (Å²) in [5, 5.41) is 12.1. The van der Waals surface area contributed by atoms with Gasteiger partial charge in [-0.15, -0.1) is 4.41 Å². The van der Waals surface area contributed by atoms with E-state index in [2.05, 4.69) is 5.10 Å². The molecule has 0 atom stereocenters. The summed E-state index contributed by atoms with van der Waals surface area (Å²) in [6.45, 7) is 0. The molecule has 0 aromatic heterocycles. The fourth-order valence-electron chi connectivity index (χ4n) is 3.14. The second kappa shape index (κ2) is 8.65. The molecule has 13 heteroatoms. The van der Waals surface area contributed by atoms with Crippen LogP contribution in [0.25, 0.3) is 6.08 Å². The smallest absolute Gasteiger partial charge is 0.282 e. The van der Waals surface area contributed by atoms with E-state index in [1.807, 2.05) is 0 Å². The molecule has 0 aliphatic carbocycles. The van der Waals surface area contributed by atoms with Gasteiger partial charge in [0, 0.05) is 11.1 Å². The van der Waals surface area contributed by atoms with Crippen LogP contribution in [0.15, 0.2) is 64.1 Å². The lowest BCUT2D eigenvalue weighted by Crippen LogP contribution is -2.29. The first-order valence-corrected chi connectivity index (χ1v) is 10.9. The van der Waals surface area contributed by atoms with E-state index in [1.165, 1.54) is 0 Å². The van der Waals surface area contributed by atoms with Gasteiger partial charge in [-0.1, -0.05) is 0 Å². The first kappa shape index (κ1) is 24.1. The van der Waals surface area contributed by atoms with Crippen LogP contribution in [0.1, 0.15) is 11.1 Å². The van der Waals surface area contributed by atoms with Gasteiger partial charge in [0.2, 0.25) is 5.82 Å². The molecule has 1 heterocycles. The molecule has 0 spiro atoms. The molecule has 1 aliphatic rings. The summed E-state index contributed by atoms with van der Waals surface area (Å²) < 4.78 is 122. The number of nitrogens with zero attached hydrogens (tertiary/aromatic N) is 2. The van der Waals surface area contributed by atoms with Crippen molar-refractivity contribution in [1.82, 2.24) is 4.41 Å². The summed E-state index contributed by atoms with van der Waals surface area (Å²) in [4.78, 5) is -0.511. The molecule has 1 aliphatic heterocycles. The van der Waals surface area contributed by atoms with Crippen LogP contribution in [0.3, 0.4) is 0 Å². The second-order valence-electron chi connectivity index (χ2n) is 7.05. The number of hydrazone groups is 1. The fourth-order valence-corrected chi connectivity index (χ4v) is 4.35. The highest BCUT2D eigenvalue weighted by Gasteiger charge is 2.38. The summed E-state index contributed by atoms with van der Waals surface area (Å²) in [5.74, 6) is -13.8. The van der Waals surface area contributed by atoms with Crippen LogP contribution in [-0.4, -0.2) is 24.4 Å². The highest BCUT2D eigenvalue weighted by Crippen LogP contribution is 2.31. The molecule has 3 aromatic rings. The molecule has 0 radical (unpaired) electrons. The van der Waals surface area contributed by atoms with Crippen LogP contribution in [0.2, 0.25) is 0 Å². The van der Waals surface area contributed by atoms with Gasteiger partial charge in [0.1, 0.15) is 17.3 Å². The summed E-state index contributed by atoms with van der Waals surface area (Å²) in [7, 11) is -4.68. The van der Waals surface area contributed by atoms with Crippen molar-refractivity contribution in [3.8, 4) is 0 Å². The first-order valence-electron chi connectivity index (χ1n) is 9.41. The van der Waals surface area contributed by atoms with Crippen LogP contribution in [0.5, 0.6) is 0 Å². The Kier molecular flexibility index (Phi) is 5.97. The van der Waals surface area contributed by atoms with Crippen molar-refractivity contribution in [3.63, 3.8) is 0 Å². The van der Waals surface area contributed by atoms with Gasteiger partial charge in [0.15, 0.2) is 29.1 Å². The molecule has 3 aromatic carbocycles. The molecule has 0 saturated heterocycles. The Labute approximate surface area is 193 Å². The van der Waals surface area contributed by atoms with Crippen LogP contribution in [0, 0.1) is 46.1 Å². The lowest BCUT2D eigenvalue weighted by molar-refractivity contribution is 0.377. The average molecular weight is 513 g/mol. The van der Waals surface area contributed by atoms with Crippen LogP contribution < -0.4 is 0 Å². The Morgan fingerprint density at radius 1 is 0.714 bits per heavy atom. The molecule has 0 fully saturated rings. The molecule has 4 rings (SSSR count). The first-order chi connectivity index (χ1) is 16.4. The zero-order chi connectivity index (χ0) is 25.7. The van der Waals surface area contributed by atoms with Gasteiger partial charge in [0.05, 0.1) is 10.5 Å². The lowest BCUT2D eigenvalue weighted by atomic mass is 9.99. The Hall–Kier alpha value is -4.00. The van der Waals surface area contributed by atoms with E-state index in [-0.39, 0.29) is 9.98 Å². The molecule has 1 N–H and O–H groups in total. The molecule has 0 amide bonds. The predicted octanol–water partition coefficient (Wildman–Crippen LogP) is 5.13. The van der Waals surface area contributed by atoms with Crippen molar-refractivity contribution in [2.75, 3.05) is 0 Å². The maximum atomic E-state index is 14.3. The highest BCUT2D eigenvalue weighted by atomic mass is 32.2. The molecule has 180 valence electrons. The Balaban J connectivity index is 1.94. The third kappa shape index (κ3) is 4.07. The van der Waals surface area contributed by atoms with Gasteiger partial charge < -0.3 is 0 Å². The Morgan fingerprint density at radius 3 is 1.69 bits per heavy atom. The Bertz CT molecular complexity index is 1510. The monoisotopic (exact) mass is 513 g/mol. The van der Waals surface area contributed by atoms with Crippen LogP contribution >= 0.6 is 0 Å². The van der Waals surface area contributed by atoms with Crippen molar-refractivity contribution < 1.29 is 39.2 Å². The minimum atomic E-state index is -4.68. The van der Waals surface area contributed by atoms with Gasteiger partial charge in [0.25, 0.3) is 10.0 Å². The van der Waals surface area contributed by atoms with Gasteiger partial charge in [-0.05, 0) is 54.6 Å². The van der Waals surface area contributed by atoms with Crippen molar-refractivity contribution >= 4 is 27.6 Å². The zero-order valence-corrected chi connectivity index (χ0v) is 17.8. The van der Waals surface area contributed by atoms with E-state index in [4.69, 9.17) is 5.41 Å². The number of nitrogens with one attached hydrogen (secondary N) is 1. The van der Waals surface area contributed by atoms with Crippen molar-refractivity contribution in [3.05, 3.63) is 106 Å². The van der Waals surface area contributed by atoms with E-state index in [9.17, 15) is 39.2 Å². The number of amidine groups is 1. The van der Waals surface area contributed by atoms with Crippen LogP contribution in [0.4, 0.5) is 30.7 Å². The third-order valence-corrected chi connectivity index (χ3v) is 6.47. The van der Waals surface area contributed by atoms with Crippen molar-refractivity contribution in [2.45, 2.75) is 4.90 Å². The maximum absolute atomic E-state index is 14.3. The van der Waals surface area contributed by atoms with E-state index < -0.39 is 78.3 Å². The maximum Gasteiger partial charge on any atom is 0.284 e. The summed E-state index contributed by atoms with van der Waals surface area (Å²) in [5.41, 5.74) is -2.57. The normalized spacial score (nSPS) is 15.2. The number of hydrogen-bond acceptors (Lipinski definition) is 4. The number of hydrogen-bond donors (Lipinski definition) is 1. The van der Waals surface area contributed by atoms with Gasteiger partial charge >= 0.3 is 0 Å². The number of benzene rings is 3.